The summed E-state index contributed by atoms with van der Waals surface area (Å²) in [7, 11) is 0. The second-order valence-electron chi connectivity index (χ2n) is 7.54. The van der Waals surface area contributed by atoms with E-state index in [4.69, 9.17) is 0 Å². The Morgan fingerprint density at radius 1 is 0.905 bits per heavy atom. The van der Waals surface area contributed by atoms with Crippen LogP contribution in [0.25, 0.3) is 0 Å². The summed E-state index contributed by atoms with van der Waals surface area (Å²) < 4.78 is 0. The van der Waals surface area contributed by atoms with Gasteiger partial charge in [0.1, 0.15) is 0 Å². The predicted molar refractivity (Wildman–Crippen MR) is 83.1 cm³/mol. The summed E-state index contributed by atoms with van der Waals surface area (Å²) in [5.74, 6) is 0.738. The fourth-order valence-corrected chi connectivity index (χ4v) is 5.07. The lowest BCUT2D eigenvalue weighted by Crippen LogP contribution is -2.50. The Hall–Kier alpha value is -0.610. The van der Waals surface area contributed by atoms with E-state index >= 15 is 0 Å². The Kier molecular flexibility index (Phi) is 3.92. The summed E-state index contributed by atoms with van der Waals surface area (Å²) in [6.45, 7) is 4.56. The number of hydrogen-bond donors (Lipinski definition) is 1. The number of fused-ring (bicyclic) bond motifs is 2. The van der Waals surface area contributed by atoms with Crippen molar-refractivity contribution < 1.29 is 4.79 Å². The fraction of sp³-hybridized carbons (Fsp3) is 0.941. The lowest BCUT2D eigenvalue weighted by Gasteiger charge is -2.41. The molecule has 4 rings (SSSR count). The van der Waals surface area contributed by atoms with Crippen LogP contribution < -0.4 is 5.32 Å². The van der Waals surface area contributed by atoms with Gasteiger partial charge in [-0.15, -0.1) is 0 Å². The molecule has 0 aliphatic carbocycles. The zero-order chi connectivity index (χ0) is 14.2. The van der Waals surface area contributed by atoms with Crippen molar-refractivity contribution >= 4 is 5.91 Å². The molecule has 118 valence electrons. The highest BCUT2D eigenvalue weighted by Crippen LogP contribution is 2.35. The molecular formula is C17H29N3O. The summed E-state index contributed by atoms with van der Waals surface area (Å²) in [5.41, 5.74) is 0. The molecule has 0 saturated carbocycles. The van der Waals surface area contributed by atoms with Crippen LogP contribution in [0, 0.1) is 5.92 Å². The van der Waals surface area contributed by atoms with Crippen molar-refractivity contribution in [3.05, 3.63) is 0 Å². The van der Waals surface area contributed by atoms with Crippen molar-refractivity contribution in [3.63, 3.8) is 0 Å². The van der Waals surface area contributed by atoms with Crippen LogP contribution in [0.4, 0.5) is 0 Å². The summed E-state index contributed by atoms with van der Waals surface area (Å²) in [6.07, 6.45) is 10.1. The zero-order valence-electron chi connectivity index (χ0n) is 13.1. The molecule has 1 amide bonds. The highest BCUT2D eigenvalue weighted by atomic mass is 16.2. The minimum atomic E-state index is 0.287. The molecular weight excluding hydrogens is 262 g/mol. The maximum Gasteiger partial charge on any atom is 0.227 e. The second kappa shape index (κ2) is 5.88. The smallest absolute Gasteiger partial charge is 0.227 e. The Bertz CT molecular complexity index is 385. The first-order valence-electron chi connectivity index (χ1n) is 9.10. The normalized spacial score (nSPS) is 38.1. The van der Waals surface area contributed by atoms with Gasteiger partial charge in [0, 0.05) is 31.2 Å². The molecule has 4 aliphatic rings. The molecule has 4 nitrogen and oxygen atoms in total. The molecule has 4 heteroatoms. The number of rotatable bonds is 2. The number of carbonyl (C=O) groups is 1. The van der Waals surface area contributed by atoms with Gasteiger partial charge in [-0.1, -0.05) is 6.42 Å². The molecule has 0 radical (unpaired) electrons. The van der Waals surface area contributed by atoms with E-state index < -0.39 is 0 Å². The summed E-state index contributed by atoms with van der Waals surface area (Å²) >= 11 is 0. The van der Waals surface area contributed by atoms with Crippen molar-refractivity contribution in [2.45, 2.75) is 69.5 Å². The van der Waals surface area contributed by atoms with E-state index in [1.165, 1.54) is 58.0 Å². The van der Waals surface area contributed by atoms with E-state index in [0.717, 1.165) is 25.6 Å². The lowest BCUT2D eigenvalue weighted by molar-refractivity contribution is -0.137. The van der Waals surface area contributed by atoms with Gasteiger partial charge >= 0.3 is 0 Å². The molecule has 3 unspecified atom stereocenters. The van der Waals surface area contributed by atoms with Gasteiger partial charge in [-0.2, -0.15) is 0 Å². The number of piperidine rings is 2. The van der Waals surface area contributed by atoms with Gasteiger partial charge in [-0.3, -0.25) is 4.79 Å². The minimum Gasteiger partial charge on any atom is -0.342 e. The molecule has 0 aromatic heterocycles. The molecule has 0 aromatic rings. The summed E-state index contributed by atoms with van der Waals surface area (Å²) in [4.78, 5) is 17.6. The maximum absolute atomic E-state index is 12.7. The fourth-order valence-electron chi connectivity index (χ4n) is 5.07. The molecule has 1 N–H and O–H groups in total. The highest BCUT2D eigenvalue weighted by molar-refractivity contribution is 5.80. The first kappa shape index (κ1) is 14.0. The van der Waals surface area contributed by atoms with Crippen LogP contribution in [0.2, 0.25) is 0 Å². The number of carbonyl (C=O) groups excluding carboxylic acids is 1. The van der Waals surface area contributed by atoms with E-state index in [2.05, 4.69) is 15.1 Å². The van der Waals surface area contributed by atoms with Crippen LogP contribution >= 0.6 is 0 Å². The van der Waals surface area contributed by atoms with Gasteiger partial charge in [0.15, 0.2) is 0 Å². The van der Waals surface area contributed by atoms with Crippen LogP contribution in [0.3, 0.4) is 0 Å². The monoisotopic (exact) mass is 291 g/mol. The third-order valence-corrected chi connectivity index (χ3v) is 6.30. The van der Waals surface area contributed by atoms with E-state index in [0.29, 0.717) is 18.0 Å². The molecule has 2 bridgehead atoms. The number of likely N-dealkylation sites (tertiary alicyclic amines) is 2. The first-order chi connectivity index (χ1) is 10.3. The predicted octanol–water partition coefficient (Wildman–Crippen LogP) is 1.60. The molecule has 3 atom stereocenters. The van der Waals surface area contributed by atoms with Gasteiger partial charge in [0.25, 0.3) is 0 Å². The van der Waals surface area contributed by atoms with Crippen LogP contribution in [-0.2, 0) is 4.79 Å². The second-order valence-corrected chi connectivity index (χ2v) is 7.54. The highest BCUT2D eigenvalue weighted by Gasteiger charge is 2.44. The van der Waals surface area contributed by atoms with Crippen molar-refractivity contribution in [3.8, 4) is 0 Å². The third kappa shape index (κ3) is 2.72. The number of hydrogen-bond acceptors (Lipinski definition) is 3. The van der Waals surface area contributed by atoms with Crippen molar-refractivity contribution in [1.29, 1.82) is 0 Å². The Balaban J connectivity index is 1.29. The average Bonchev–Trinajstić information content (AvgIpc) is 3.18. The van der Waals surface area contributed by atoms with E-state index in [1.807, 2.05) is 0 Å². The lowest BCUT2D eigenvalue weighted by atomic mass is 9.87. The number of nitrogens with zero attached hydrogens (tertiary/aromatic N) is 2. The topological polar surface area (TPSA) is 35.6 Å². The van der Waals surface area contributed by atoms with Crippen molar-refractivity contribution in [2.75, 3.05) is 26.2 Å². The molecule has 0 aromatic carbocycles. The van der Waals surface area contributed by atoms with E-state index in [9.17, 15) is 4.79 Å². The Labute approximate surface area is 128 Å². The van der Waals surface area contributed by atoms with E-state index in [-0.39, 0.29) is 5.92 Å². The maximum atomic E-state index is 12.7. The van der Waals surface area contributed by atoms with Gasteiger partial charge in [0.2, 0.25) is 5.91 Å². The first-order valence-corrected chi connectivity index (χ1v) is 9.10. The summed E-state index contributed by atoms with van der Waals surface area (Å²) in [5, 5.41) is 3.60. The Morgan fingerprint density at radius 2 is 1.67 bits per heavy atom. The van der Waals surface area contributed by atoms with Gasteiger partial charge in [-0.05, 0) is 58.0 Å². The molecule has 0 spiro atoms. The number of amides is 1. The van der Waals surface area contributed by atoms with Crippen molar-refractivity contribution in [2.24, 2.45) is 5.92 Å². The van der Waals surface area contributed by atoms with Crippen LogP contribution in [0.1, 0.15) is 51.4 Å². The molecule has 4 saturated heterocycles. The largest absolute Gasteiger partial charge is 0.342 e. The molecule has 4 heterocycles. The van der Waals surface area contributed by atoms with Crippen LogP contribution in [0.5, 0.6) is 0 Å². The average molecular weight is 291 g/mol. The quantitative estimate of drug-likeness (QED) is 0.839. The van der Waals surface area contributed by atoms with Gasteiger partial charge in [-0.25, -0.2) is 0 Å². The van der Waals surface area contributed by atoms with Crippen molar-refractivity contribution in [1.82, 2.24) is 15.1 Å². The standard InChI is InChI=1S/C17H29N3O/c21-17(15-12-13-4-5-16(15)18-13)20-10-6-14(7-11-20)19-8-2-1-3-9-19/h13-16,18H,1-12H2. The van der Waals surface area contributed by atoms with Crippen LogP contribution in [-0.4, -0.2) is 60.0 Å². The SMILES string of the molecule is O=C(C1CC2CCC1N2)N1CCC(N2CCCCC2)CC1. The summed E-state index contributed by atoms with van der Waals surface area (Å²) in [6, 6.07) is 1.87. The molecule has 4 fully saturated rings. The van der Waals surface area contributed by atoms with Crippen LogP contribution in [0.15, 0.2) is 0 Å². The van der Waals surface area contributed by atoms with E-state index in [1.54, 1.807) is 0 Å². The third-order valence-electron chi connectivity index (χ3n) is 6.30. The Morgan fingerprint density at radius 3 is 2.29 bits per heavy atom. The van der Waals surface area contributed by atoms with Gasteiger partial charge < -0.3 is 15.1 Å². The zero-order valence-corrected chi connectivity index (χ0v) is 13.1. The minimum absolute atomic E-state index is 0.287. The molecule has 4 aliphatic heterocycles. The van der Waals surface area contributed by atoms with Gasteiger partial charge in [0.05, 0.1) is 5.92 Å². The number of nitrogens with one attached hydrogen (secondary N) is 1. The molecule has 21 heavy (non-hydrogen) atoms.